The lowest BCUT2D eigenvalue weighted by molar-refractivity contribution is -0.124. The average Bonchev–Trinajstić information content (AvgIpc) is 2.50. The predicted octanol–water partition coefficient (Wildman–Crippen LogP) is 1.80. The van der Waals surface area contributed by atoms with Gasteiger partial charge in [-0.25, -0.2) is 8.78 Å². The number of hydrogen-bond donors (Lipinski definition) is 2. The molecule has 1 aromatic rings. The second kappa shape index (κ2) is 9.02. The fourth-order valence-electron chi connectivity index (χ4n) is 2.46. The second-order valence-electron chi connectivity index (χ2n) is 5.25. The molecular weight excluding hydrogens is 314 g/mol. The van der Waals surface area contributed by atoms with Gasteiger partial charge in [0.15, 0.2) is 0 Å². The van der Waals surface area contributed by atoms with Gasteiger partial charge in [0, 0.05) is 19.8 Å². The Morgan fingerprint density at radius 3 is 2.73 bits per heavy atom. The first-order chi connectivity index (χ1) is 10.1. The van der Waals surface area contributed by atoms with E-state index in [1.807, 2.05) is 0 Å². The molecule has 2 rings (SSSR count). The highest BCUT2D eigenvalue weighted by atomic mass is 35.5. The van der Waals surface area contributed by atoms with Gasteiger partial charge >= 0.3 is 0 Å². The summed E-state index contributed by atoms with van der Waals surface area (Å²) in [6.45, 7) is 1.48. The highest BCUT2D eigenvalue weighted by Crippen LogP contribution is 2.17. The molecule has 3 N–H and O–H groups in total. The van der Waals surface area contributed by atoms with Crippen molar-refractivity contribution in [1.29, 1.82) is 0 Å². The molecular formula is C15H21ClF2N2O2. The zero-order chi connectivity index (χ0) is 15.2. The SMILES string of the molecule is Cl.NC(C(=O)NCCc1cc(F)ccc1F)C1CCOCC1. The van der Waals surface area contributed by atoms with E-state index in [2.05, 4.69) is 5.32 Å². The van der Waals surface area contributed by atoms with Crippen molar-refractivity contribution in [2.24, 2.45) is 11.7 Å². The Bertz CT molecular complexity index is 496. The molecule has 0 spiro atoms. The molecule has 1 fully saturated rings. The fourth-order valence-corrected chi connectivity index (χ4v) is 2.46. The number of nitrogens with two attached hydrogens (primary N) is 1. The maximum Gasteiger partial charge on any atom is 0.237 e. The minimum atomic E-state index is -0.578. The predicted molar refractivity (Wildman–Crippen MR) is 81.8 cm³/mol. The van der Waals surface area contributed by atoms with Gasteiger partial charge in [-0.05, 0) is 48.9 Å². The summed E-state index contributed by atoms with van der Waals surface area (Å²) in [6.07, 6.45) is 1.77. The number of nitrogens with one attached hydrogen (secondary N) is 1. The third-order valence-corrected chi connectivity index (χ3v) is 3.78. The highest BCUT2D eigenvalue weighted by Gasteiger charge is 2.26. The molecule has 7 heteroatoms. The first kappa shape index (κ1) is 18.8. The van der Waals surface area contributed by atoms with Crippen molar-refractivity contribution in [1.82, 2.24) is 5.32 Å². The van der Waals surface area contributed by atoms with E-state index in [1.54, 1.807) is 0 Å². The average molecular weight is 335 g/mol. The van der Waals surface area contributed by atoms with Gasteiger partial charge in [-0.15, -0.1) is 12.4 Å². The monoisotopic (exact) mass is 334 g/mol. The van der Waals surface area contributed by atoms with Gasteiger partial charge < -0.3 is 15.8 Å². The summed E-state index contributed by atoms with van der Waals surface area (Å²) in [5.41, 5.74) is 6.17. The standard InChI is InChI=1S/C15H20F2N2O2.ClH/c16-12-1-2-13(17)11(9-12)3-6-19-15(20)14(18)10-4-7-21-8-5-10;/h1-2,9-10,14H,3-8,18H2,(H,19,20);1H. The molecule has 22 heavy (non-hydrogen) atoms. The smallest absolute Gasteiger partial charge is 0.237 e. The van der Waals surface area contributed by atoms with Crippen molar-refractivity contribution in [3.8, 4) is 0 Å². The Labute approximate surface area is 134 Å². The highest BCUT2D eigenvalue weighted by molar-refractivity contribution is 5.85. The first-order valence-electron chi connectivity index (χ1n) is 7.13. The van der Waals surface area contributed by atoms with Gasteiger partial charge in [-0.1, -0.05) is 0 Å². The second-order valence-corrected chi connectivity index (χ2v) is 5.25. The maximum absolute atomic E-state index is 13.4. The van der Waals surface area contributed by atoms with Crippen molar-refractivity contribution in [2.45, 2.75) is 25.3 Å². The van der Waals surface area contributed by atoms with Gasteiger partial charge in [-0.3, -0.25) is 4.79 Å². The normalized spacial score (nSPS) is 16.7. The van der Waals surface area contributed by atoms with Gasteiger partial charge in [-0.2, -0.15) is 0 Å². The Balaban J connectivity index is 0.00000242. The molecule has 1 heterocycles. The van der Waals surface area contributed by atoms with Crippen LogP contribution in [0.5, 0.6) is 0 Å². The van der Waals surface area contributed by atoms with Crippen LogP contribution in [0.15, 0.2) is 18.2 Å². The molecule has 0 aliphatic carbocycles. The summed E-state index contributed by atoms with van der Waals surface area (Å²) in [7, 11) is 0. The van der Waals surface area contributed by atoms with Crippen LogP contribution >= 0.6 is 12.4 Å². The lowest BCUT2D eigenvalue weighted by Gasteiger charge is -2.26. The number of benzene rings is 1. The van der Waals surface area contributed by atoms with Gasteiger partial charge in [0.25, 0.3) is 0 Å². The summed E-state index contributed by atoms with van der Waals surface area (Å²) in [4.78, 5) is 11.9. The van der Waals surface area contributed by atoms with Crippen LogP contribution in [0.3, 0.4) is 0 Å². The van der Waals surface area contributed by atoms with Crippen LogP contribution in [0.1, 0.15) is 18.4 Å². The quantitative estimate of drug-likeness (QED) is 0.863. The lowest BCUT2D eigenvalue weighted by Crippen LogP contribution is -2.47. The molecule has 1 amide bonds. The summed E-state index contributed by atoms with van der Waals surface area (Å²) >= 11 is 0. The van der Waals surface area contributed by atoms with Gasteiger partial charge in [0.2, 0.25) is 5.91 Å². The molecule has 1 aliphatic heterocycles. The number of rotatable bonds is 5. The van der Waals surface area contributed by atoms with Crippen LogP contribution in [0.2, 0.25) is 0 Å². The van der Waals surface area contributed by atoms with Crippen molar-refractivity contribution in [2.75, 3.05) is 19.8 Å². The van der Waals surface area contributed by atoms with E-state index < -0.39 is 17.7 Å². The molecule has 0 radical (unpaired) electrons. The van der Waals surface area contributed by atoms with Crippen molar-refractivity contribution < 1.29 is 18.3 Å². The van der Waals surface area contributed by atoms with Crippen LogP contribution in [0.25, 0.3) is 0 Å². The molecule has 1 aromatic carbocycles. The summed E-state index contributed by atoms with van der Waals surface area (Å²) in [6, 6.07) is 2.71. The molecule has 124 valence electrons. The van der Waals surface area contributed by atoms with Crippen LogP contribution in [0, 0.1) is 17.6 Å². The van der Waals surface area contributed by atoms with E-state index in [-0.39, 0.29) is 42.8 Å². The largest absolute Gasteiger partial charge is 0.381 e. The van der Waals surface area contributed by atoms with Gasteiger partial charge in [0.1, 0.15) is 11.6 Å². The van der Waals surface area contributed by atoms with Crippen molar-refractivity contribution in [3.05, 3.63) is 35.4 Å². The van der Waals surface area contributed by atoms with Crippen LogP contribution in [-0.4, -0.2) is 31.7 Å². The third-order valence-electron chi connectivity index (χ3n) is 3.78. The van der Waals surface area contributed by atoms with E-state index in [4.69, 9.17) is 10.5 Å². The zero-order valence-electron chi connectivity index (χ0n) is 12.2. The Morgan fingerprint density at radius 2 is 2.05 bits per heavy atom. The maximum atomic E-state index is 13.4. The minimum Gasteiger partial charge on any atom is -0.381 e. The van der Waals surface area contributed by atoms with E-state index >= 15 is 0 Å². The molecule has 0 aromatic heterocycles. The zero-order valence-corrected chi connectivity index (χ0v) is 13.0. The summed E-state index contributed by atoms with van der Waals surface area (Å²) < 4.78 is 31.7. The van der Waals surface area contributed by atoms with Crippen molar-refractivity contribution in [3.63, 3.8) is 0 Å². The molecule has 1 aliphatic rings. The third kappa shape index (κ3) is 5.19. The van der Waals surface area contributed by atoms with E-state index in [0.717, 1.165) is 31.0 Å². The van der Waals surface area contributed by atoms with Crippen molar-refractivity contribution >= 4 is 18.3 Å². The molecule has 1 saturated heterocycles. The van der Waals surface area contributed by atoms with E-state index in [9.17, 15) is 13.6 Å². The molecule has 1 atom stereocenters. The van der Waals surface area contributed by atoms with Gasteiger partial charge in [0.05, 0.1) is 6.04 Å². The minimum absolute atomic E-state index is 0. The topological polar surface area (TPSA) is 64.4 Å². The number of hydrogen-bond acceptors (Lipinski definition) is 3. The first-order valence-corrected chi connectivity index (χ1v) is 7.13. The van der Waals surface area contributed by atoms with E-state index in [0.29, 0.717) is 13.2 Å². The number of carbonyl (C=O) groups is 1. The molecule has 0 saturated carbocycles. The number of ether oxygens (including phenoxy) is 1. The molecule has 0 bridgehead atoms. The molecule has 1 unspecified atom stereocenters. The number of carbonyl (C=O) groups excluding carboxylic acids is 1. The van der Waals surface area contributed by atoms with Crippen LogP contribution in [-0.2, 0) is 16.0 Å². The summed E-state index contributed by atoms with van der Waals surface area (Å²) in [5.74, 6) is -1.10. The fraction of sp³-hybridized carbons (Fsp3) is 0.533. The summed E-state index contributed by atoms with van der Waals surface area (Å²) in [5, 5.41) is 2.68. The van der Waals surface area contributed by atoms with E-state index in [1.165, 1.54) is 0 Å². The van der Waals surface area contributed by atoms with Crippen LogP contribution < -0.4 is 11.1 Å². The lowest BCUT2D eigenvalue weighted by atomic mass is 9.92. The number of halogens is 3. The Kier molecular flexibility index (Phi) is 7.72. The molecule has 4 nitrogen and oxygen atoms in total. The number of amides is 1. The van der Waals surface area contributed by atoms with Crippen LogP contribution in [0.4, 0.5) is 8.78 Å². The Hall–Kier alpha value is -1.24. The Morgan fingerprint density at radius 1 is 1.36 bits per heavy atom.